The second-order valence-corrected chi connectivity index (χ2v) is 7.01. The lowest BCUT2D eigenvalue weighted by molar-refractivity contribution is 0.0114. The van der Waals surface area contributed by atoms with Gasteiger partial charge in [0.05, 0.1) is 29.1 Å². The maximum atomic E-state index is 13.4. The third-order valence-corrected chi connectivity index (χ3v) is 4.82. The lowest BCUT2D eigenvalue weighted by atomic mass is 9.95. The number of hydrogen-bond acceptors (Lipinski definition) is 8. The van der Waals surface area contributed by atoms with E-state index in [0.29, 0.717) is 33.7 Å². The van der Waals surface area contributed by atoms with Crippen molar-refractivity contribution in [1.82, 2.24) is 15.4 Å². The third kappa shape index (κ3) is 4.41. The second-order valence-electron chi connectivity index (χ2n) is 6.15. The molecule has 1 aliphatic heterocycles. The number of hydrogen-bond donors (Lipinski definition) is 4. The van der Waals surface area contributed by atoms with Crippen LogP contribution in [0.25, 0.3) is 0 Å². The Morgan fingerprint density at radius 3 is 2.93 bits per heavy atom. The van der Waals surface area contributed by atoms with Gasteiger partial charge in [-0.05, 0) is 24.6 Å². The predicted molar refractivity (Wildman–Crippen MR) is 102 cm³/mol. The van der Waals surface area contributed by atoms with Crippen LogP contribution in [0, 0.1) is 12.7 Å². The summed E-state index contributed by atoms with van der Waals surface area (Å²) in [6.07, 6.45) is -0.323. The first kappa shape index (κ1) is 19.6. The van der Waals surface area contributed by atoms with Gasteiger partial charge in [-0.1, -0.05) is 22.0 Å². The van der Waals surface area contributed by atoms with E-state index in [-0.39, 0.29) is 31.0 Å². The number of fused-ring (bicyclic) bond motifs is 1. The zero-order valence-electron chi connectivity index (χ0n) is 14.6. The molecular weight excluding hydrogens is 419 g/mol. The Morgan fingerprint density at radius 1 is 1.44 bits per heavy atom. The number of nitrogens with one attached hydrogen (secondary N) is 1. The molecule has 8 nitrogen and oxygen atoms in total. The Hall–Kier alpha value is -2.14. The number of halogens is 2. The van der Waals surface area contributed by atoms with Gasteiger partial charge in [0.2, 0.25) is 5.95 Å². The number of aryl methyl sites for hydroxylation is 1. The summed E-state index contributed by atoms with van der Waals surface area (Å²) >= 11 is 3.39. The van der Waals surface area contributed by atoms with E-state index in [0.717, 1.165) is 5.56 Å². The summed E-state index contributed by atoms with van der Waals surface area (Å²) < 4.78 is 14.1. The Bertz CT molecular complexity index is 879. The van der Waals surface area contributed by atoms with Crippen molar-refractivity contribution in [3.63, 3.8) is 0 Å². The van der Waals surface area contributed by atoms with Gasteiger partial charge in [0, 0.05) is 17.4 Å². The number of aliphatic imine (C=N–C) groups is 1. The van der Waals surface area contributed by atoms with Crippen molar-refractivity contribution in [1.29, 1.82) is 0 Å². The number of nitrogens with two attached hydrogens (primary N) is 2. The Balaban J connectivity index is 1.96. The standard InChI is InChI=1S/C17H20BrFN6O2/c1-8-15-14(24-17(21)22-8)5-13(11-3-2-9(19)4-12(11)18)23-16(15)25-27-7-10(26)6-20/h2-4,10,13,26H,5-7,20H2,1H3,(H,23,25)(H2,21,22,24)/t10-,13+/m0/s1. The summed E-state index contributed by atoms with van der Waals surface area (Å²) in [6.45, 7) is 1.87. The van der Waals surface area contributed by atoms with Gasteiger partial charge in [-0.2, -0.15) is 0 Å². The molecule has 2 atom stereocenters. The molecule has 2 heterocycles. The van der Waals surface area contributed by atoms with Crippen molar-refractivity contribution in [3.8, 4) is 0 Å². The molecule has 0 saturated heterocycles. The van der Waals surface area contributed by atoms with Gasteiger partial charge in [0.15, 0.2) is 5.84 Å². The molecule has 10 heteroatoms. The average molecular weight is 439 g/mol. The highest BCUT2D eigenvalue weighted by Gasteiger charge is 2.28. The third-order valence-electron chi connectivity index (χ3n) is 4.13. The Morgan fingerprint density at radius 2 is 2.22 bits per heavy atom. The summed E-state index contributed by atoms with van der Waals surface area (Å²) in [6, 6.07) is 4.12. The molecule has 0 amide bonds. The minimum atomic E-state index is -0.799. The van der Waals surface area contributed by atoms with E-state index < -0.39 is 6.10 Å². The average Bonchev–Trinajstić information content (AvgIpc) is 2.60. The summed E-state index contributed by atoms with van der Waals surface area (Å²) in [5.41, 5.74) is 16.8. The Kier molecular flexibility index (Phi) is 6.00. The molecule has 1 aromatic heterocycles. The molecule has 0 aliphatic carbocycles. The minimum absolute atomic E-state index is 0.00929. The van der Waals surface area contributed by atoms with Crippen LogP contribution >= 0.6 is 15.9 Å². The van der Waals surface area contributed by atoms with Crippen LogP contribution in [-0.2, 0) is 11.3 Å². The molecule has 1 aromatic carbocycles. The van der Waals surface area contributed by atoms with Crippen LogP contribution in [-0.4, -0.2) is 40.2 Å². The first-order chi connectivity index (χ1) is 12.9. The number of aromatic nitrogens is 2. The van der Waals surface area contributed by atoms with E-state index in [1.54, 1.807) is 13.0 Å². The van der Waals surface area contributed by atoms with E-state index in [1.807, 2.05) is 0 Å². The first-order valence-corrected chi connectivity index (χ1v) is 9.10. The minimum Gasteiger partial charge on any atom is -0.389 e. The lowest BCUT2D eigenvalue weighted by Crippen LogP contribution is -2.35. The maximum Gasteiger partial charge on any atom is 0.220 e. The molecule has 3 rings (SSSR count). The van der Waals surface area contributed by atoms with Crippen LogP contribution in [0.15, 0.2) is 27.7 Å². The van der Waals surface area contributed by atoms with E-state index in [4.69, 9.17) is 21.3 Å². The molecule has 2 aromatic rings. The van der Waals surface area contributed by atoms with Gasteiger partial charge in [-0.3, -0.25) is 9.83 Å². The van der Waals surface area contributed by atoms with Crippen LogP contribution < -0.4 is 16.9 Å². The SMILES string of the molecule is Cc1nc(N)nc2c1C(NOC[C@@H](O)CN)=N[C@@H](c1ccc(F)cc1Br)C2. The van der Waals surface area contributed by atoms with Crippen molar-refractivity contribution in [2.45, 2.75) is 25.5 Å². The molecule has 6 N–H and O–H groups in total. The fourth-order valence-corrected chi connectivity index (χ4v) is 3.48. The van der Waals surface area contributed by atoms with Gasteiger partial charge in [-0.25, -0.2) is 19.8 Å². The number of nitrogen functional groups attached to an aromatic ring is 1. The van der Waals surface area contributed by atoms with Gasteiger partial charge < -0.3 is 16.6 Å². The molecule has 1 aliphatic rings. The largest absolute Gasteiger partial charge is 0.389 e. The smallest absolute Gasteiger partial charge is 0.220 e. The molecule has 0 saturated carbocycles. The zero-order chi connectivity index (χ0) is 19.6. The molecule has 0 unspecified atom stereocenters. The normalized spacial score (nSPS) is 17.2. The van der Waals surface area contributed by atoms with Crippen LogP contribution in [0.1, 0.15) is 28.6 Å². The number of nitrogens with zero attached hydrogens (tertiary/aromatic N) is 3. The van der Waals surface area contributed by atoms with Gasteiger partial charge in [0.1, 0.15) is 12.4 Å². The van der Waals surface area contributed by atoms with E-state index >= 15 is 0 Å². The number of anilines is 1. The summed E-state index contributed by atoms with van der Waals surface area (Å²) in [7, 11) is 0. The molecule has 0 fully saturated rings. The fraction of sp³-hybridized carbons (Fsp3) is 0.353. The van der Waals surface area contributed by atoms with Crippen molar-refractivity contribution in [3.05, 3.63) is 51.0 Å². The predicted octanol–water partition coefficient (Wildman–Crippen LogP) is 1.15. The summed E-state index contributed by atoms with van der Waals surface area (Å²) in [4.78, 5) is 18.5. The number of aliphatic hydroxyl groups excluding tert-OH is 1. The molecule has 0 radical (unpaired) electrons. The fourth-order valence-electron chi connectivity index (χ4n) is 2.86. The van der Waals surface area contributed by atoms with Crippen molar-refractivity contribution >= 4 is 27.7 Å². The number of benzene rings is 1. The van der Waals surface area contributed by atoms with Gasteiger partial charge >= 0.3 is 0 Å². The summed E-state index contributed by atoms with van der Waals surface area (Å²) in [5, 5.41) is 9.55. The number of aliphatic hydroxyl groups is 1. The van der Waals surface area contributed by atoms with E-state index in [1.165, 1.54) is 12.1 Å². The van der Waals surface area contributed by atoms with Crippen LogP contribution in [0.2, 0.25) is 0 Å². The van der Waals surface area contributed by atoms with E-state index in [2.05, 4.69) is 31.4 Å². The van der Waals surface area contributed by atoms with Crippen molar-refractivity contribution in [2.75, 3.05) is 18.9 Å². The van der Waals surface area contributed by atoms with Crippen LogP contribution in [0.5, 0.6) is 0 Å². The maximum absolute atomic E-state index is 13.4. The van der Waals surface area contributed by atoms with Gasteiger partial charge in [0.25, 0.3) is 0 Å². The molecular formula is C17H20BrFN6O2. The second kappa shape index (κ2) is 8.26. The van der Waals surface area contributed by atoms with Crippen molar-refractivity contribution in [2.24, 2.45) is 10.7 Å². The highest BCUT2D eigenvalue weighted by atomic mass is 79.9. The van der Waals surface area contributed by atoms with Crippen LogP contribution in [0.3, 0.4) is 0 Å². The zero-order valence-corrected chi connectivity index (χ0v) is 16.2. The molecule has 27 heavy (non-hydrogen) atoms. The lowest BCUT2D eigenvalue weighted by Gasteiger charge is -2.25. The number of rotatable bonds is 5. The monoisotopic (exact) mass is 438 g/mol. The highest BCUT2D eigenvalue weighted by molar-refractivity contribution is 9.10. The molecule has 0 spiro atoms. The quantitative estimate of drug-likeness (QED) is 0.514. The number of amidine groups is 1. The van der Waals surface area contributed by atoms with Crippen molar-refractivity contribution < 1.29 is 14.3 Å². The topological polar surface area (TPSA) is 132 Å². The first-order valence-electron chi connectivity index (χ1n) is 8.31. The number of hydroxylamine groups is 1. The Labute approximate surface area is 163 Å². The van der Waals surface area contributed by atoms with Crippen LogP contribution in [0.4, 0.5) is 10.3 Å². The molecule has 144 valence electrons. The van der Waals surface area contributed by atoms with Gasteiger partial charge in [-0.15, -0.1) is 0 Å². The highest BCUT2D eigenvalue weighted by Crippen LogP contribution is 2.34. The van der Waals surface area contributed by atoms with E-state index in [9.17, 15) is 9.50 Å². The summed E-state index contributed by atoms with van der Waals surface area (Å²) in [5.74, 6) is 0.244. The molecule has 0 bridgehead atoms.